The number of para-hydroxylation sites is 1. The number of likely N-dealkylation sites (N-methyl/N-ethyl adjacent to an activating group) is 1. The maximum Gasteiger partial charge on any atom is 0.149 e. The molecule has 0 unspecified atom stereocenters. The van der Waals surface area contributed by atoms with Gasteiger partial charge in [0.05, 0.1) is 0 Å². The van der Waals surface area contributed by atoms with Gasteiger partial charge in [0.15, 0.2) is 0 Å². The van der Waals surface area contributed by atoms with Gasteiger partial charge < -0.3 is 9.80 Å². The van der Waals surface area contributed by atoms with E-state index in [-0.39, 0.29) is 5.69 Å². The lowest BCUT2D eigenvalue weighted by Crippen LogP contribution is -2.45. The Morgan fingerprint density at radius 1 is 1.00 bits per heavy atom. The maximum atomic E-state index is 13.4. The minimum Gasteiger partial charge on any atom is -0.364 e. The molecule has 1 aliphatic heterocycles. The monoisotopic (exact) mass is 212 g/mol. The number of anilines is 1. The van der Waals surface area contributed by atoms with Crippen molar-refractivity contribution in [3.05, 3.63) is 29.8 Å². The van der Waals surface area contributed by atoms with Crippen molar-refractivity contribution < 1.29 is 8.78 Å². The minimum absolute atomic E-state index is 0.116. The Morgan fingerprint density at radius 3 is 2.07 bits per heavy atom. The molecule has 1 saturated heterocycles. The molecular weight excluding hydrogens is 198 g/mol. The molecule has 2 nitrogen and oxygen atoms in total. The molecule has 0 bridgehead atoms. The minimum atomic E-state index is -0.473. The largest absolute Gasteiger partial charge is 0.364 e. The highest BCUT2D eigenvalue weighted by atomic mass is 19.1. The van der Waals surface area contributed by atoms with E-state index in [9.17, 15) is 8.78 Å². The van der Waals surface area contributed by atoms with Gasteiger partial charge in [-0.15, -0.1) is 0 Å². The van der Waals surface area contributed by atoms with Crippen LogP contribution in [0.4, 0.5) is 14.5 Å². The van der Waals surface area contributed by atoms with Gasteiger partial charge in [-0.1, -0.05) is 6.07 Å². The lowest BCUT2D eigenvalue weighted by molar-refractivity contribution is 0.310. The van der Waals surface area contributed by atoms with E-state index in [2.05, 4.69) is 4.90 Å². The van der Waals surface area contributed by atoms with Crippen LogP contribution >= 0.6 is 0 Å². The van der Waals surface area contributed by atoms with Crippen molar-refractivity contribution in [2.75, 3.05) is 38.1 Å². The standard InChI is InChI=1S/C11H14F2N2/c1-14-5-7-15(8-6-14)11-9(12)3-2-4-10(11)13/h2-4H,5-8H2,1H3. The number of hydrogen-bond donors (Lipinski definition) is 0. The van der Waals surface area contributed by atoms with E-state index < -0.39 is 11.6 Å². The van der Waals surface area contributed by atoms with E-state index in [0.29, 0.717) is 13.1 Å². The highest BCUT2D eigenvalue weighted by Gasteiger charge is 2.20. The third-order valence-corrected chi connectivity index (χ3v) is 2.76. The highest BCUT2D eigenvalue weighted by Crippen LogP contribution is 2.23. The summed E-state index contributed by atoms with van der Waals surface area (Å²) in [5.74, 6) is -0.945. The third-order valence-electron chi connectivity index (χ3n) is 2.76. The zero-order chi connectivity index (χ0) is 10.8. The van der Waals surface area contributed by atoms with E-state index >= 15 is 0 Å². The molecule has 1 aliphatic rings. The summed E-state index contributed by atoms with van der Waals surface area (Å²) in [5.41, 5.74) is 0.116. The van der Waals surface area contributed by atoms with Gasteiger partial charge in [-0.05, 0) is 19.2 Å². The van der Waals surface area contributed by atoms with Crippen molar-refractivity contribution >= 4 is 5.69 Å². The van der Waals surface area contributed by atoms with E-state index in [4.69, 9.17) is 0 Å². The summed E-state index contributed by atoms with van der Waals surface area (Å²) in [6.45, 7) is 3.03. The van der Waals surface area contributed by atoms with Gasteiger partial charge in [-0.2, -0.15) is 0 Å². The van der Waals surface area contributed by atoms with Crippen LogP contribution in [0.3, 0.4) is 0 Å². The molecule has 1 aromatic rings. The number of benzene rings is 1. The van der Waals surface area contributed by atoms with Crippen molar-refractivity contribution in [1.82, 2.24) is 4.90 Å². The molecular formula is C11H14F2N2. The Kier molecular flexibility index (Phi) is 2.86. The molecule has 0 radical (unpaired) electrons. The summed E-state index contributed by atoms with van der Waals surface area (Å²) in [6, 6.07) is 4.00. The second-order valence-electron chi connectivity index (χ2n) is 3.86. The first-order valence-electron chi connectivity index (χ1n) is 5.06. The van der Waals surface area contributed by atoms with Gasteiger partial charge in [-0.25, -0.2) is 8.78 Å². The van der Waals surface area contributed by atoms with E-state index in [1.807, 2.05) is 7.05 Å². The molecule has 0 aliphatic carbocycles. The normalized spacial score (nSPS) is 18.2. The fraction of sp³-hybridized carbons (Fsp3) is 0.455. The molecule has 1 fully saturated rings. The fourth-order valence-electron chi connectivity index (χ4n) is 1.82. The number of hydrogen-bond acceptors (Lipinski definition) is 2. The van der Waals surface area contributed by atoms with Crippen LogP contribution in [0, 0.1) is 11.6 Å². The van der Waals surface area contributed by atoms with Crippen LogP contribution in [0.5, 0.6) is 0 Å². The first-order valence-corrected chi connectivity index (χ1v) is 5.06. The van der Waals surface area contributed by atoms with Crippen LogP contribution in [-0.2, 0) is 0 Å². The number of rotatable bonds is 1. The lowest BCUT2D eigenvalue weighted by Gasteiger charge is -2.34. The summed E-state index contributed by atoms with van der Waals surface area (Å²) in [5, 5.41) is 0. The first kappa shape index (κ1) is 10.4. The fourth-order valence-corrected chi connectivity index (χ4v) is 1.82. The summed E-state index contributed by atoms with van der Waals surface area (Å²) < 4.78 is 26.9. The lowest BCUT2D eigenvalue weighted by atomic mass is 10.2. The van der Waals surface area contributed by atoms with Crippen LogP contribution in [-0.4, -0.2) is 38.1 Å². The van der Waals surface area contributed by atoms with Crippen molar-refractivity contribution in [3.8, 4) is 0 Å². The molecule has 0 spiro atoms. The van der Waals surface area contributed by atoms with Gasteiger partial charge in [-0.3, -0.25) is 0 Å². The van der Waals surface area contributed by atoms with Crippen molar-refractivity contribution in [2.24, 2.45) is 0 Å². The summed E-state index contributed by atoms with van der Waals surface area (Å²) in [4.78, 5) is 3.92. The van der Waals surface area contributed by atoms with Gasteiger partial charge in [0.2, 0.25) is 0 Å². The molecule has 0 N–H and O–H groups in total. The second-order valence-corrected chi connectivity index (χ2v) is 3.86. The van der Waals surface area contributed by atoms with Gasteiger partial charge in [0, 0.05) is 26.2 Å². The molecule has 1 aromatic carbocycles. The summed E-state index contributed by atoms with van der Waals surface area (Å²) >= 11 is 0. The van der Waals surface area contributed by atoms with Crippen LogP contribution in [0.15, 0.2) is 18.2 Å². The Bertz CT molecular complexity index is 326. The summed E-state index contributed by atoms with van der Waals surface area (Å²) in [6.07, 6.45) is 0. The third kappa shape index (κ3) is 2.09. The summed E-state index contributed by atoms with van der Waals surface area (Å²) in [7, 11) is 2.01. The second kappa shape index (κ2) is 4.14. The number of nitrogens with zero attached hydrogens (tertiary/aromatic N) is 2. The Balaban J connectivity index is 2.22. The topological polar surface area (TPSA) is 6.48 Å². The Hall–Kier alpha value is -1.16. The van der Waals surface area contributed by atoms with Crippen molar-refractivity contribution in [2.45, 2.75) is 0 Å². The van der Waals surface area contributed by atoms with Crippen LogP contribution in [0.1, 0.15) is 0 Å². The molecule has 0 atom stereocenters. The van der Waals surface area contributed by atoms with Crippen molar-refractivity contribution in [3.63, 3.8) is 0 Å². The zero-order valence-electron chi connectivity index (χ0n) is 8.71. The molecule has 0 amide bonds. The predicted molar refractivity (Wildman–Crippen MR) is 56.1 cm³/mol. The zero-order valence-corrected chi connectivity index (χ0v) is 8.71. The predicted octanol–water partition coefficient (Wildman–Crippen LogP) is 1.72. The van der Waals surface area contributed by atoms with Crippen LogP contribution in [0.25, 0.3) is 0 Å². The molecule has 0 saturated carbocycles. The molecule has 2 rings (SSSR count). The van der Waals surface area contributed by atoms with E-state index in [1.54, 1.807) is 4.90 Å². The molecule has 1 heterocycles. The van der Waals surface area contributed by atoms with E-state index in [0.717, 1.165) is 13.1 Å². The Morgan fingerprint density at radius 2 is 1.53 bits per heavy atom. The molecule has 4 heteroatoms. The molecule has 15 heavy (non-hydrogen) atoms. The van der Waals surface area contributed by atoms with Crippen LogP contribution < -0.4 is 4.90 Å². The molecule has 0 aromatic heterocycles. The van der Waals surface area contributed by atoms with E-state index in [1.165, 1.54) is 18.2 Å². The van der Waals surface area contributed by atoms with Crippen LogP contribution in [0.2, 0.25) is 0 Å². The highest BCUT2D eigenvalue weighted by molar-refractivity contribution is 5.49. The Labute approximate surface area is 88.1 Å². The molecule has 82 valence electrons. The number of halogens is 2. The SMILES string of the molecule is CN1CCN(c2c(F)cccc2F)CC1. The average Bonchev–Trinajstić information content (AvgIpc) is 2.20. The quantitative estimate of drug-likeness (QED) is 0.699. The maximum absolute atomic E-state index is 13.4. The van der Waals surface area contributed by atoms with Gasteiger partial charge >= 0.3 is 0 Å². The van der Waals surface area contributed by atoms with Gasteiger partial charge in [0.1, 0.15) is 17.3 Å². The average molecular weight is 212 g/mol. The number of piperazine rings is 1. The smallest absolute Gasteiger partial charge is 0.149 e. The van der Waals surface area contributed by atoms with Gasteiger partial charge in [0.25, 0.3) is 0 Å². The first-order chi connectivity index (χ1) is 7.18. The van der Waals surface area contributed by atoms with Crippen molar-refractivity contribution in [1.29, 1.82) is 0 Å².